The van der Waals surface area contributed by atoms with E-state index in [0.717, 1.165) is 0 Å². The van der Waals surface area contributed by atoms with Gasteiger partial charge in [-0.05, 0) is 0 Å². The van der Waals surface area contributed by atoms with Gasteiger partial charge in [-0.2, -0.15) is 0 Å². The Hall–Kier alpha value is -2.11. The van der Waals surface area contributed by atoms with Crippen molar-refractivity contribution in [3.8, 4) is 0 Å². The molecule has 1 aliphatic rings. The van der Waals surface area contributed by atoms with Crippen molar-refractivity contribution in [2.75, 3.05) is 16.8 Å². The zero-order valence-corrected chi connectivity index (χ0v) is 11.5. The van der Waals surface area contributed by atoms with Gasteiger partial charge in [0.15, 0.2) is 0 Å². The van der Waals surface area contributed by atoms with Crippen molar-refractivity contribution in [3.63, 3.8) is 0 Å². The van der Waals surface area contributed by atoms with E-state index in [9.17, 15) is 14.4 Å². The van der Waals surface area contributed by atoms with E-state index < -0.39 is 6.03 Å². The molecule has 0 saturated carbocycles. The molecule has 2 rings (SSSR count). The monoisotopic (exact) mass is 324 g/mol. The summed E-state index contributed by atoms with van der Waals surface area (Å²) < 4.78 is 0. The molecule has 1 fully saturated rings. The molecule has 0 aromatic heterocycles. The van der Waals surface area contributed by atoms with Crippen LogP contribution in [-0.4, -0.2) is 40.3 Å². The molecule has 1 saturated heterocycles. The number of hydrogen-bond acceptors (Lipinski definition) is 3. The Labute approximate surface area is 117 Å². The molecule has 1 aromatic carbocycles. The van der Waals surface area contributed by atoms with Crippen LogP contribution in [0.5, 0.6) is 0 Å². The molecule has 1 aromatic rings. The number of nitrogens with two attached hydrogens (primary N) is 1. The van der Waals surface area contributed by atoms with Crippen LogP contribution in [0.4, 0.5) is 16.2 Å². The number of benzene rings is 1. The quantitative estimate of drug-likeness (QED) is 0.461. The topological polar surface area (TPSA) is 92.5 Å². The Morgan fingerprint density at radius 3 is 2.74 bits per heavy atom. The van der Waals surface area contributed by atoms with E-state index in [1.54, 1.807) is 24.3 Å². The molecule has 3 N–H and O–H groups in total. The van der Waals surface area contributed by atoms with Gasteiger partial charge in [-0.15, -0.1) is 0 Å². The van der Waals surface area contributed by atoms with Crippen LogP contribution < -0.4 is 16.0 Å². The van der Waals surface area contributed by atoms with Crippen LogP contribution in [0.15, 0.2) is 34.8 Å². The first-order valence-corrected chi connectivity index (χ1v) is 6.35. The Bertz CT molecular complexity index is 598. The van der Waals surface area contributed by atoms with Crippen molar-refractivity contribution in [2.24, 2.45) is 5.73 Å². The van der Waals surface area contributed by atoms with E-state index in [-0.39, 0.29) is 23.8 Å². The Morgan fingerprint density at radius 1 is 1.42 bits per heavy atom. The number of urea groups is 1. The van der Waals surface area contributed by atoms with E-state index in [0.29, 0.717) is 11.4 Å². The molecule has 0 bridgehead atoms. The predicted molar refractivity (Wildman–Crippen MR) is 70.8 cm³/mol. The van der Waals surface area contributed by atoms with Crippen LogP contribution in [0.25, 0.3) is 0 Å². The van der Waals surface area contributed by atoms with E-state index in [4.69, 9.17) is 5.73 Å². The molecule has 1 radical (unpaired) electrons. The second-order valence-electron chi connectivity index (χ2n) is 3.89. The van der Waals surface area contributed by atoms with Crippen LogP contribution >= 0.6 is 0 Å². The molecule has 1 heterocycles. The van der Waals surface area contributed by atoms with Gasteiger partial charge in [0.25, 0.3) is 0 Å². The normalized spacial score (nSPS) is 17.1. The summed E-state index contributed by atoms with van der Waals surface area (Å²) in [6.07, 6.45) is 0. The van der Waals surface area contributed by atoms with Crippen molar-refractivity contribution in [1.82, 2.24) is 0 Å². The number of nitrogens with one attached hydrogen (secondary N) is 1. The van der Waals surface area contributed by atoms with Gasteiger partial charge in [-0.1, -0.05) is 0 Å². The fourth-order valence-electron chi connectivity index (χ4n) is 1.78. The van der Waals surface area contributed by atoms with Gasteiger partial charge in [-0.3, -0.25) is 0 Å². The molecule has 3 amide bonds. The third-order valence-electron chi connectivity index (χ3n) is 2.62. The van der Waals surface area contributed by atoms with Crippen molar-refractivity contribution in [2.45, 2.75) is 0 Å². The first kappa shape index (κ1) is 13.3. The number of ketones is 1. The summed E-state index contributed by atoms with van der Waals surface area (Å²) in [6.45, 7) is -0.00757. The average Bonchev–Trinajstić information content (AvgIpc) is 2.64. The number of carbonyl (C=O) groups is 3. The molecular weight excluding hydrogens is 313 g/mol. The summed E-state index contributed by atoms with van der Waals surface area (Å²) in [5, 5.41) is 2.42. The number of nitrogens with zero attached hydrogens (tertiary/aromatic N) is 1. The summed E-state index contributed by atoms with van der Waals surface area (Å²) in [5.74, 6) is -0.600. The molecule has 0 atom stereocenters. The van der Waals surface area contributed by atoms with Crippen molar-refractivity contribution >= 4 is 45.1 Å². The summed E-state index contributed by atoms with van der Waals surface area (Å²) >= 11 is 2.55. The average molecular weight is 323 g/mol. The van der Waals surface area contributed by atoms with Crippen LogP contribution in [0.1, 0.15) is 0 Å². The molecule has 7 heteroatoms. The zero-order valence-electron chi connectivity index (χ0n) is 9.75. The molecule has 0 aliphatic carbocycles. The van der Waals surface area contributed by atoms with Crippen molar-refractivity contribution < 1.29 is 14.4 Å². The van der Waals surface area contributed by atoms with Crippen LogP contribution in [0.3, 0.4) is 0 Å². The molecule has 97 valence electrons. The fraction of sp³-hybridized carbons (Fsp3) is 0.0833. The summed E-state index contributed by atoms with van der Waals surface area (Å²) in [5.41, 5.74) is 6.15. The van der Waals surface area contributed by atoms with E-state index in [1.165, 1.54) is 9.87 Å². The third kappa shape index (κ3) is 2.67. The number of amides is 3. The second-order valence-corrected chi connectivity index (χ2v) is 4.38. The molecule has 19 heavy (non-hydrogen) atoms. The van der Waals surface area contributed by atoms with Gasteiger partial charge in [0, 0.05) is 0 Å². The maximum atomic E-state index is 12.0. The van der Waals surface area contributed by atoms with Gasteiger partial charge in [-0.25, -0.2) is 0 Å². The first-order valence-electron chi connectivity index (χ1n) is 5.36. The SMILES string of the molecule is NC(=O)Nc1cccc(N2CC(=O)/C(=C/[Se])C2=O)c1. The summed E-state index contributed by atoms with van der Waals surface area (Å²) in [6, 6.07) is 5.88. The Balaban J connectivity index is 2.31. The van der Waals surface area contributed by atoms with Crippen molar-refractivity contribution in [1.29, 1.82) is 0 Å². The first-order chi connectivity index (χ1) is 9.02. The number of anilines is 2. The van der Waals surface area contributed by atoms with E-state index in [2.05, 4.69) is 21.3 Å². The minimum absolute atomic E-state index is 0.00757. The van der Waals surface area contributed by atoms with Gasteiger partial charge >= 0.3 is 117 Å². The van der Waals surface area contributed by atoms with Gasteiger partial charge < -0.3 is 0 Å². The number of Topliss-reactive ketones (excluding diaryl/α,β-unsaturated/α-hetero) is 1. The second kappa shape index (κ2) is 5.26. The van der Waals surface area contributed by atoms with E-state index in [1.807, 2.05) is 0 Å². The maximum absolute atomic E-state index is 12.0. The van der Waals surface area contributed by atoms with Gasteiger partial charge in [0.2, 0.25) is 0 Å². The molecule has 0 unspecified atom stereocenters. The standard InChI is InChI=1S/C12H10N3O3Se/c13-12(18)14-7-2-1-3-8(4-7)15-5-10(16)9(6-19)11(15)17/h1-4,6H,5H2,(H3,13,14,18)/b9-6-. The molecule has 1 aliphatic heterocycles. The van der Waals surface area contributed by atoms with Crippen molar-refractivity contribution in [3.05, 3.63) is 34.8 Å². The summed E-state index contributed by atoms with van der Waals surface area (Å²) in [4.78, 5) is 37.1. The number of primary amides is 1. The fourth-order valence-corrected chi connectivity index (χ4v) is 2.27. The molecule has 0 spiro atoms. The Kier molecular flexibility index (Phi) is 3.69. The molecular formula is C12H10N3O3Se. The van der Waals surface area contributed by atoms with Crippen LogP contribution in [-0.2, 0) is 9.59 Å². The van der Waals surface area contributed by atoms with Crippen LogP contribution in [0, 0.1) is 0 Å². The number of rotatable bonds is 2. The number of hydrogen-bond donors (Lipinski definition) is 2. The number of carbonyl (C=O) groups excluding carboxylic acids is 3. The van der Waals surface area contributed by atoms with Gasteiger partial charge in [0.1, 0.15) is 0 Å². The minimum atomic E-state index is -0.690. The summed E-state index contributed by atoms with van der Waals surface area (Å²) in [7, 11) is 0. The van der Waals surface area contributed by atoms with Gasteiger partial charge in [0.05, 0.1) is 0 Å². The van der Waals surface area contributed by atoms with Crippen LogP contribution in [0.2, 0.25) is 0 Å². The molecule has 6 nitrogen and oxygen atoms in total. The predicted octanol–water partition coefficient (Wildman–Crippen LogP) is 0.145. The Morgan fingerprint density at radius 2 is 2.16 bits per heavy atom. The van der Waals surface area contributed by atoms with E-state index >= 15 is 0 Å². The third-order valence-corrected chi connectivity index (χ3v) is 3.12. The zero-order chi connectivity index (χ0) is 14.0.